The molecule has 24 aromatic rings. The first kappa shape index (κ1) is 80.2. The van der Waals surface area contributed by atoms with Crippen molar-refractivity contribution < 1.29 is 0 Å². The molecule has 624 valence electrons. The fourth-order valence-electron chi connectivity index (χ4n) is 23.5. The predicted octanol–water partition coefficient (Wildman–Crippen LogP) is 22.9. The van der Waals surface area contributed by atoms with Gasteiger partial charge in [0, 0.05) is 80.7 Å². The lowest BCUT2D eigenvalue weighted by Crippen LogP contribution is -2.72. The van der Waals surface area contributed by atoms with Crippen LogP contribution in [0.15, 0.2) is 461 Å². The van der Waals surface area contributed by atoms with Gasteiger partial charge in [0.05, 0.1) is 0 Å². The summed E-state index contributed by atoms with van der Waals surface area (Å²) >= 11 is 7.87. The van der Waals surface area contributed by atoms with Crippen LogP contribution in [0.25, 0.3) is 125 Å². The smallest absolute Gasteiger partial charge is 0.135 e. The molecule has 0 fully saturated rings. The highest BCUT2D eigenvalue weighted by atomic mass is 32.1. The van der Waals surface area contributed by atoms with E-state index in [1.807, 2.05) is 45.3 Å². The Morgan fingerprint density at radius 2 is 0.394 bits per heavy atom. The van der Waals surface area contributed by atoms with Gasteiger partial charge in [-0.1, -0.05) is 459 Å². The van der Waals surface area contributed by atoms with Gasteiger partial charge in [0.15, 0.2) is 32.3 Å². The van der Waals surface area contributed by atoms with E-state index in [2.05, 4.69) is 489 Å². The largest absolute Gasteiger partial charge is 0.182 e. The summed E-state index contributed by atoms with van der Waals surface area (Å²) in [5.41, 5.74) is 16.6. The van der Waals surface area contributed by atoms with Gasteiger partial charge in [-0.15, -0.1) is 45.3 Å². The van der Waals surface area contributed by atoms with Crippen LogP contribution in [0.5, 0.6) is 0 Å². The van der Waals surface area contributed by atoms with Crippen molar-refractivity contribution in [2.24, 2.45) is 0 Å². The van der Waals surface area contributed by atoms with Gasteiger partial charge in [0.25, 0.3) is 0 Å². The quantitative estimate of drug-likeness (QED) is 0.133. The molecule has 28 rings (SSSR count). The van der Waals surface area contributed by atoms with Crippen molar-refractivity contribution in [2.45, 2.75) is 27.7 Å². The first-order valence-corrected chi connectivity index (χ1v) is 57.1. The molecule has 0 nitrogen and oxygen atoms in total. The Hall–Kier alpha value is -13.9. The number of aryl methyl sites for hydroxylation is 4. The molecular formula is C124H88S4Si4. The maximum absolute atomic E-state index is 2.47. The molecule has 0 amide bonds. The molecule has 0 aliphatic carbocycles. The lowest BCUT2D eigenvalue weighted by atomic mass is 10.0. The third-order valence-electron chi connectivity index (χ3n) is 28.8. The van der Waals surface area contributed by atoms with E-state index in [4.69, 9.17) is 0 Å². The van der Waals surface area contributed by atoms with E-state index in [1.54, 1.807) is 20.7 Å². The van der Waals surface area contributed by atoms with Crippen LogP contribution < -0.4 is 83.0 Å². The zero-order valence-electron chi connectivity index (χ0n) is 73.5. The normalized spacial score (nSPS) is 15.3. The van der Waals surface area contributed by atoms with Crippen LogP contribution in [0.2, 0.25) is 0 Å². The molecule has 4 aliphatic rings. The van der Waals surface area contributed by atoms with E-state index in [0.29, 0.717) is 0 Å². The monoisotopic (exact) mass is 1820 g/mol. The number of fused-ring (bicyclic) bond motifs is 28. The maximum atomic E-state index is 2.47. The molecular weight excluding hydrogens is 1730 g/mol. The van der Waals surface area contributed by atoms with Crippen LogP contribution in [0.3, 0.4) is 0 Å². The topological polar surface area (TPSA) is 0 Å². The van der Waals surface area contributed by atoms with Crippen molar-refractivity contribution in [1.82, 2.24) is 0 Å². The molecule has 0 saturated carbocycles. The van der Waals surface area contributed by atoms with Crippen LogP contribution in [0.4, 0.5) is 0 Å². The SMILES string of the molecule is Cc1ccc([Si]2(c3ccccc3)c3ccccc3-c3ccc4c(sc5ccccc54)c32)cc1.Cc1ccc2c(c1)-c1ccc3c(sc4ccccc43)c1[Si]2(c1ccccc1)c1ccccc1.Cc1ccc2c(c1)[Si](c1ccccc1)(c1ccccc1)c1c-2ccc2c1sc1ccccc12.Cc1cccc([Si]2(c3ccccc3)c3ccccc3-c3ccc4c(sc5ccccc54)c32)c1. The highest BCUT2D eigenvalue weighted by molar-refractivity contribution is 7.35. The molecule has 0 N–H and O–H groups in total. The Balaban J connectivity index is 0.0000000945. The lowest BCUT2D eigenvalue weighted by Gasteiger charge is -2.32. The summed E-state index contributed by atoms with van der Waals surface area (Å²) in [6.07, 6.45) is 0. The molecule has 4 aromatic heterocycles. The van der Waals surface area contributed by atoms with Gasteiger partial charge >= 0.3 is 0 Å². The van der Waals surface area contributed by atoms with Crippen LogP contribution in [0.1, 0.15) is 22.3 Å². The average molecular weight is 1820 g/mol. The van der Waals surface area contributed by atoms with E-state index in [1.165, 1.54) is 210 Å². The molecule has 0 spiro atoms. The average Bonchev–Trinajstić information content (AvgIpc) is 1.54. The van der Waals surface area contributed by atoms with Crippen molar-refractivity contribution in [1.29, 1.82) is 0 Å². The third kappa shape index (κ3) is 12.0. The van der Waals surface area contributed by atoms with E-state index in [-0.39, 0.29) is 0 Å². The van der Waals surface area contributed by atoms with Crippen LogP contribution in [0, 0.1) is 27.7 Å². The summed E-state index contributed by atoms with van der Waals surface area (Å²) in [7, 11) is -9.88. The molecule has 20 aromatic carbocycles. The Bertz CT molecular complexity index is 8430. The highest BCUT2D eigenvalue weighted by Gasteiger charge is 2.55. The fourth-order valence-corrected chi connectivity index (χ4v) is 51.7. The standard InChI is InChI=1S/4C31H22SSi/c1-21-16-19-29-27(20-21)26-18-17-25-24-14-8-9-15-28(24)32-30(25)31(26)33(29,22-10-4-2-5-11-22)23-12-6-3-7-13-23;1-21-16-17-25-27-19-18-26-24-14-8-9-15-28(24)32-30(26)31(27)33(29(25)20-21,22-10-4-2-5-11-22)23-12-6-3-7-13-23;1-21-10-9-13-23(20-21)33(22-11-3-2-4-12-22)29-17-8-6-15-25(29)27-19-18-26-24-14-5-7-16-28(24)32-30(26)31(27)33;1-21-15-17-23(18-16-21)33(22-9-3-2-4-10-22)29-14-8-6-12-25(29)27-20-19-26-24-11-5-7-13-28(24)32-30(26)31(27)33/h4*2-20H,1H3. The summed E-state index contributed by atoms with van der Waals surface area (Å²) in [5.74, 6) is 0. The van der Waals surface area contributed by atoms with Gasteiger partial charge in [-0.2, -0.15) is 0 Å². The summed E-state index contributed by atoms with van der Waals surface area (Å²) in [5, 5.41) is 35.1. The van der Waals surface area contributed by atoms with E-state index >= 15 is 0 Å². The predicted molar refractivity (Wildman–Crippen MR) is 587 cm³/mol. The van der Waals surface area contributed by atoms with Gasteiger partial charge in [-0.3, -0.25) is 0 Å². The summed E-state index contributed by atoms with van der Waals surface area (Å²) < 4.78 is 11.3. The number of benzene rings is 20. The van der Waals surface area contributed by atoms with Crippen molar-refractivity contribution >= 4 is 241 Å². The number of hydrogen-bond acceptors (Lipinski definition) is 4. The zero-order valence-corrected chi connectivity index (χ0v) is 80.8. The van der Waals surface area contributed by atoms with Gasteiger partial charge in [0.1, 0.15) is 0 Å². The minimum absolute atomic E-state index is 1.31. The van der Waals surface area contributed by atoms with Crippen molar-refractivity contribution in [3.63, 3.8) is 0 Å². The van der Waals surface area contributed by atoms with Crippen molar-refractivity contribution in [2.75, 3.05) is 0 Å². The Kier molecular flexibility index (Phi) is 19.5. The van der Waals surface area contributed by atoms with Gasteiger partial charge in [0.2, 0.25) is 0 Å². The van der Waals surface area contributed by atoms with E-state index in [0.717, 1.165) is 0 Å². The summed E-state index contributed by atoms with van der Waals surface area (Å²) in [4.78, 5) is 0. The second kappa shape index (κ2) is 32.0. The summed E-state index contributed by atoms with van der Waals surface area (Å²) in [6.45, 7) is 8.84. The molecule has 8 heteroatoms. The van der Waals surface area contributed by atoms with Crippen LogP contribution in [-0.4, -0.2) is 32.3 Å². The minimum atomic E-state index is -2.47. The van der Waals surface area contributed by atoms with Crippen LogP contribution >= 0.6 is 45.3 Å². The Labute approximate surface area is 789 Å². The first-order valence-electron chi connectivity index (χ1n) is 45.8. The van der Waals surface area contributed by atoms with Crippen molar-refractivity contribution in [3.05, 3.63) is 483 Å². The molecule has 8 heterocycles. The molecule has 4 aliphatic heterocycles. The first-order chi connectivity index (χ1) is 65.1. The van der Waals surface area contributed by atoms with Gasteiger partial charge in [-0.05, 0) is 179 Å². The highest BCUT2D eigenvalue weighted by Crippen LogP contribution is 2.46. The molecule has 0 saturated heterocycles. The zero-order chi connectivity index (χ0) is 88.0. The minimum Gasteiger partial charge on any atom is -0.135 e. The van der Waals surface area contributed by atoms with Crippen LogP contribution in [-0.2, 0) is 0 Å². The summed E-state index contributed by atoms with van der Waals surface area (Å²) in [6, 6.07) is 174. The molecule has 0 bridgehead atoms. The molecule has 0 radical (unpaired) electrons. The number of hydrogen-bond donors (Lipinski definition) is 0. The number of rotatable bonds is 8. The van der Waals surface area contributed by atoms with E-state index in [9.17, 15) is 0 Å². The second-order valence-electron chi connectivity index (χ2n) is 36.0. The number of thiophene rings is 4. The molecule has 132 heavy (non-hydrogen) atoms. The molecule has 2 unspecified atom stereocenters. The Morgan fingerprint density at radius 1 is 0.144 bits per heavy atom. The third-order valence-corrected chi connectivity index (χ3v) is 54.0. The Morgan fingerprint density at radius 3 is 0.758 bits per heavy atom. The van der Waals surface area contributed by atoms with Crippen molar-refractivity contribution in [3.8, 4) is 44.5 Å². The second-order valence-corrected chi connectivity index (χ2v) is 55.0. The van der Waals surface area contributed by atoms with E-state index < -0.39 is 32.3 Å². The van der Waals surface area contributed by atoms with Gasteiger partial charge in [-0.25, -0.2) is 0 Å². The molecule has 2 atom stereocenters. The lowest BCUT2D eigenvalue weighted by molar-refractivity contribution is 1.49. The maximum Gasteiger partial charge on any atom is 0.182 e. The fraction of sp³-hybridized carbons (Fsp3) is 0.0323. The van der Waals surface area contributed by atoms with Gasteiger partial charge < -0.3 is 0 Å².